The second-order valence-electron chi connectivity index (χ2n) is 4.36. The number of carboxylic acid groups (broad SMARTS) is 1. The number of carbonyl (C=O) groups is 2. The number of nitrogens with zero attached hydrogens (tertiary/aromatic N) is 1. The van der Waals surface area contributed by atoms with Crippen LogP contribution in [0.25, 0.3) is 0 Å². The highest BCUT2D eigenvalue weighted by atomic mass is 35.5. The van der Waals surface area contributed by atoms with Crippen molar-refractivity contribution in [2.24, 2.45) is 0 Å². The number of amides is 1. The number of hydrogen-bond acceptors (Lipinski definition) is 4. The number of carboxylic acids is 1. The Balaban J connectivity index is 2.33. The van der Waals surface area contributed by atoms with Crippen LogP contribution in [0.15, 0.2) is 18.2 Å². The zero-order valence-corrected chi connectivity index (χ0v) is 10.5. The molecule has 3 N–H and O–H groups in total. The summed E-state index contributed by atoms with van der Waals surface area (Å²) in [5.74, 6) is -2.13. The lowest BCUT2D eigenvalue weighted by Gasteiger charge is -2.21. The Kier molecular flexibility index (Phi) is 3.64. The van der Waals surface area contributed by atoms with Gasteiger partial charge in [-0.05, 0) is 18.2 Å². The molecule has 7 heteroatoms. The predicted octanol–water partition coefficient (Wildman–Crippen LogP) is 0.706. The van der Waals surface area contributed by atoms with E-state index < -0.39 is 24.0 Å². The van der Waals surface area contributed by atoms with Crippen molar-refractivity contribution in [3.63, 3.8) is 0 Å². The lowest BCUT2D eigenvalue weighted by atomic mass is 10.1. The van der Waals surface area contributed by atoms with Crippen LogP contribution in [-0.4, -0.2) is 50.8 Å². The maximum atomic E-state index is 12.2. The summed E-state index contributed by atoms with van der Waals surface area (Å²) in [6.45, 7) is -0.0816. The van der Waals surface area contributed by atoms with E-state index in [0.29, 0.717) is 0 Å². The molecule has 1 heterocycles. The molecular weight excluding hydrogens is 274 g/mol. The molecule has 0 radical (unpaired) electrons. The molecule has 1 aromatic rings. The van der Waals surface area contributed by atoms with Crippen molar-refractivity contribution in [2.75, 3.05) is 6.54 Å². The number of carbonyl (C=O) groups excluding carboxylic acids is 1. The van der Waals surface area contributed by atoms with Gasteiger partial charge in [0.05, 0.1) is 11.7 Å². The van der Waals surface area contributed by atoms with Gasteiger partial charge in [0.2, 0.25) is 0 Å². The minimum absolute atomic E-state index is 0.0254. The molecule has 0 saturated carbocycles. The molecule has 1 aliphatic heterocycles. The molecule has 0 aromatic heterocycles. The van der Waals surface area contributed by atoms with Crippen LogP contribution in [0.1, 0.15) is 16.8 Å². The quantitative estimate of drug-likeness (QED) is 0.743. The largest absolute Gasteiger partial charge is 0.507 e. The van der Waals surface area contributed by atoms with Gasteiger partial charge in [-0.25, -0.2) is 4.79 Å². The first-order valence-corrected chi connectivity index (χ1v) is 5.98. The molecular formula is C12H12ClNO5. The van der Waals surface area contributed by atoms with E-state index in [1.54, 1.807) is 0 Å². The minimum atomic E-state index is -1.19. The highest BCUT2D eigenvalue weighted by molar-refractivity contribution is 6.31. The first kappa shape index (κ1) is 13.6. The molecule has 1 aliphatic rings. The number of aromatic hydroxyl groups is 1. The first-order chi connectivity index (χ1) is 8.90. The van der Waals surface area contributed by atoms with E-state index in [9.17, 15) is 19.8 Å². The standard InChI is InChI=1S/C12H12ClNO5/c13-6-1-2-10(16)8(3-6)11(17)14-5-7(15)4-9(14)12(18)19/h1-3,7,9,15-16H,4-5H2,(H,18,19)/t7?,9-/m0/s1. The summed E-state index contributed by atoms with van der Waals surface area (Å²) in [7, 11) is 0. The van der Waals surface area contributed by atoms with Crippen molar-refractivity contribution < 1.29 is 24.9 Å². The molecule has 0 spiro atoms. The van der Waals surface area contributed by atoms with Crippen LogP contribution in [0.3, 0.4) is 0 Å². The van der Waals surface area contributed by atoms with Gasteiger partial charge in [-0.2, -0.15) is 0 Å². The number of halogens is 1. The van der Waals surface area contributed by atoms with Gasteiger partial charge < -0.3 is 20.2 Å². The molecule has 1 unspecified atom stereocenters. The Morgan fingerprint density at radius 2 is 2.05 bits per heavy atom. The number of aliphatic carboxylic acids is 1. The Morgan fingerprint density at radius 3 is 2.68 bits per heavy atom. The van der Waals surface area contributed by atoms with Gasteiger partial charge in [0, 0.05) is 18.0 Å². The highest BCUT2D eigenvalue weighted by Crippen LogP contribution is 2.27. The fraction of sp³-hybridized carbons (Fsp3) is 0.333. The summed E-state index contributed by atoms with van der Waals surface area (Å²) >= 11 is 5.75. The number of aliphatic hydroxyl groups excluding tert-OH is 1. The lowest BCUT2D eigenvalue weighted by molar-refractivity contribution is -0.141. The predicted molar refractivity (Wildman–Crippen MR) is 66.2 cm³/mol. The van der Waals surface area contributed by atoms with Crippen molar-refractivity contribution in [3.05, 3.63) is 28.8 Å². The topological polar surface area (TPSA) is 98.1 Å². The number of aliphatic hydroxyl groups is 1. The molecule has 6 nitrogen and oxygen atoms in total. The second-order valence-corrected chi connectivity index (χ2v) is 4.80. The van der Waals surface area contributed by atoms with E-state index in [0.717, 1.165) is 4.90 Å². The molecule has 2 atom stereocenters. The van der Waals surface area contributed by atoms with Gasteiger partial charge in [0.15, 0.2) is 0 Å². The third kappa shape index (κ3) is 2.64. The van der Waals surface area contributed by atoms with E-state index in [4.69, 9.17) is 16.7 Å². The summed E-state index contributed by atoms with van der Waals surface area (Å²) in [5.41, 5.74) is -0.0761. The molecule has 1 fully saturated rings. The number of phenols is 1. The maximum Gasteiger partial charge on any atom is 0.326 e. The van der Waals surface area contributed by atoms with Gasteiger partial charge in [0.1, 0.15) is 11.8 Å². The van der Waals surface area contributed by atoms with Crippen molar-refractivity contribution in [3.8, 4) is 5.75 Å². The van der Waals surface area contributed by atoms with E-state index in [1.165, 1.54) is 18.2 Å². The van der Waals surface area contributed by atoms with E-state index in [-0.39, 0.29) is 29.3 Å². The molecule has 2 rings (SSSR count). The van der Waals surface area contributed by atoms with Gasteiger partial charge in [-0.15, -0.1) is 0 Å². The van der Waals surface area contributed by atoms with Gasteiger partial charge in [0.25, 0.3) is 5.91 Å². The van der Waals surface area contributed by atoms with Gasteiger partial charge in [-0.1, -0.05) is 11.6 Å². The van der Waals surface area contributed by atoms with Crippen LogP contribution in [0.5, 0.6) is 5.75 Å². The van der Waals surface area contributed by atoms with Crippen LogP contribution in [0.4, 0.5) is 0 Å². The van der Waals surface area contributed by atoms with E-state index in [2.05, 4.69) is 0 Å². The van der Waals surface area contributed by atoms with Crippen molar-refractivity contribution >= 4 is 23.5 Å². The van der Waals surface area contributed by atoms with Crippen LogP contribution in [0.2, 0.25) is 5.02 Å². The van der Waals surface area contributed by atoms with Crippen LogP contribution >= 0.6 is 11.6 Å². The lowest BCUT2D eigenvalue weighted by Crippen LogP contribution is -2.40. The molecule has 0 aliphatic carbocycles. The molecule has 102 valence electrons. The molecule has 0 bridgehead atoms. The number of rotatable bonds is 2. The number of hydrogen-bond donors (Lipinski definition) is 3. The third-order valence-corrected chi connectivity index (χ3v) is 3.25. The van der Waals surface area contributed by atoms with Crippen LogP contribution in [-0.2, 0) is 4.79 Å². The number of β-amino-alcohol motifs (C(OH)–C–C–N with tert-alkyl or cyclic N) is 1. The Labute approximate surface area is 113 Å². The van der Waals surface area contributed by atoms with E-state index in [1.807, 2.05) is 0 Å². The maximum absolute atomic E-state index is 12.2. The molecule has 1 saturated heterocycles. The number of benzene rings is 1. The zero-order chi connectivity index (χ0) is 14.2. The average Bonchev–Trinajstić information content (AvgIpc) is 2.74. The molecule has 1 amide bonds. The highest BCUT2D eigenvalue weighted by Gasteiger charge is 2.39. The Hall–Kier alpha value is -1.79. The fourth-order valence-corrected chi connectivity index (χ4v) is 2.28. The van der Waals surface area contributed by atoms with Crippen LogP contribution < -0.4 is 0 Å². The summed E-state index contributed by atoms with van der Waals surface area (Å²) in [6, 6.07) is 2.85. The molecule has 19 heavy (non-hydrogen) atoms. The summed E-state index contributed by atoms with van der Waals surface area (Å²) in [6.07, 6.45) is -0.908. The zero-order valence-electron chi connectivity index (χ0n) is 9.78. The SMILES string of the molecule is O=C(O)[C@@H]1CC(O)CN1C(=O)c1cc(Cl)ccc1O. The summed E-state index contributed by atoms with van der Waals surface area (Å²) in [4.78, 5) is 24.3. The molecule has 1 aromatic carbocycles. The monoisotopic (exact) mass is 285 g/mol. The van der Waals surface area contributed by atoms with Crippen molar-refractivity contribution in [2.45, 2.75) is 18.6 Å². The number of likely N-dealkylation sites (tertiary alicyclic amines) is 1. The number of phenolic OH excluding ortho intramolecular Hbond substituents is 1. The first-order valence-electron chi connectivity index (χ1n) is 5.60. The summed E-state index contributed by atoms with van der Waals surface area (Å²) < 4.78 is 0. The smallest absolute Gasteiger partial charge is 0.326 e. The third-order valence-electron chi connectivity index (χ3n) is 3.01. The summed E-state index contributed by atoms with van der Waals surface area (Å²) in [5, 5.41) is 28.4. The minimum Gasteiger partial charge on any atom is -0.507 e. The van der Waals surface area contributed by atoms with Gasteiger partial charge in [-0.3, -0.25) is 4.79 Å². The Bertz CT molecular complexity index is 533. The normalized spacial score (nSPS) is 22.5. The van der Waals surface area contributed by atoms with E-state index >= 15 is 0 Å². The fourth-order valence-electron chi connectivity index (χ4n) is 2.11. The van der Waals surface area contributed by atoms with Crippen molar-refractivity contribution in [1.82, 2.24) is 4.90 Å². The Morgan fingerprint density at radius 1 is 1.37 bits per heavy atom. The van der Waals surface area contributed by atoms with Gasteiger partial charge >= 0.3 is 5.97 Å². The van der Waals surface area contributed by atoms with Crippen molar-refractivity contribution in [1.29, 1.82) is 0 Å². The van der Waals surface area contributed by atoms with Crippen LogP contribution in [0, 0.1) is 0 Å². The second kappa shape index (κ2) is 5.07. The average molecular weight is 286 g/mol.